The molecule has 0 saturated carbocycles. The van der Waals surface area contributed by atoms with Crippen molar-refractivity contribution in [2.75, 3.05) is 13.7 Å². The van der Waals surface area contributed by atoms with Crippen LogP contribution in [0.2, 0.25) is 0 Å². The molecule has 5 nitrogen and oxygen atoms in total. The third kappa shape index (κ3) is 3.92. The van der Waals surface area contributed by atoms with E-state index >= 15 is 0 Å². The standard InChI is InChI=1S/C14H14ClNO4S/c1-19-13(18)7-12-11(16-14(15)21(12)9-17)8-20-10-5-3-2-4-6-10/h2-6,9,11H,7-8H2,1H3. The van der Waals surface area contributed by atoms with Gasteiger partial charge in [0.1, 0.15) is 18.4 Å². The van der Waals surface area contributed by atoms with Gasteiger partial charge in [0.05, 0.1) is 13.5 Å². The Morgan fingerprint density at radius 2 is 2.14 bits per heavy atom. The molecule has 2 rings (SSSR count). The second kappa shape index (κ2) is 7.38. The number of halogens is 1. The van der Waals surface area contributed by atoms with Gasteiger partial charge in [0.2, 0.25) is 0 Å². The third-order valence-electron chi connectivity index (χ3n) is 2.89. The highest BCUT2D eigenvalue weighted by Gasteiger charge is 2.29. The molecule has 0 fully saturated rings. The molecule has 7 heteroatoms. The Balaban J connectivity index is 2.12. The largest absolute Gasteiger partial charge is 0.491 e. The summed E-state index contributed by atoms with van der Waals surface area (Å²) in [6, 6.07) is 8.82. The van der Waals surface area contributed by atoms with Crippen LogP contribution in [0.4, 0.5) is 0 Å². The van der Waals surface area contributed by atoms with Crippen LogP contribution in [0, 0.1) is 0 Å². The van der Waals surface area contributed by atoms with Crippen LogP contribution in [-0.4, -0.2) is 40.7 Å². The van der Waals surface area contributed by atoms with Gasteiger partial charge in [-0.3, -0.25) is 14.6 Å². The van der Waals surface area contributed by atoms with Crippen molar-refractivity contribution in [1.82, 2.24) is 0 Å². The highest BCUT2D eigenvalue weighted by molar-refractivity contribution is 8.40. The average Bonchev–Trinajstić information content (AvgIpc) is 2.81. The Labute approximate surface area is 129 Å². The lowest BCUT2D eigenvalue weighted by Gasteiger charge is -2.13. The maximum absolute atomic E-state index is 11.5. The molecule has 112 valence electrons. The molecular weight excluding hydrogens is 314 g/mol. The van der Waals surface area contributed by atoms with Gasteiger partial charge in [0.25, 0.3) is 0 Å². The number of hydrogen-bond donors (Lipinski definition) is 0. The first-order chi connectivity index (χ1) is 10.2. The van der Waals surface area contributed by atoms with Crippen LogP contribution in [0.1, 0.15) is 6.42 Å². The molecule has 0 bridgehead atoms. The second-order valence-corrected chi connectivity index (χ2v) is 6.54. The number of nitrogens with zero attached hydrogens (tertiary/aromatic N) is 1. The minimum absolute atomic E-state index is 0.0148. The first-order valence-electron chi connectivity index (χ1n) is 6.17. The first-order valence-corrected chi connectivity index (χ1v) is 7.84. The average molecular weight is 328 g/mol. The molecule has 21 heavy (non-hydrogen) atoms. The topological polar surface area (TPSA) is 65.0 Å². The van der Waals surface area contributed by atoms with E-state index in [4.69, 9.17) is 16.3 Å². The van der Waals surface area contributed by atoms with Crippen LogP contribution in [0.25, 0.3) is 0 Å². The monoisotopic (exact) mass is 327 g/mol. The maximum Gasteiger partial charge on any atom is 0.310 e. The van der Waals surface area contributed by atoms with Gasteiger partial charge in [0, 0.05) is 4.86 Å². The van der Waals surface area contributed by atoms with E-state index in [0.717, 1.165) is 0 Å². The number of hydrogen-bond acceptors (Lipinski definition) is 5. The summed E-state index contributed by atoms with van der Waals surface area (Å²) < 4.78 is 10.5. The number of methoxy groups -OCH3 is 1. The smallest absolute Gasteiger partial charge is 0.310 e. The van der Waals surface area contributed by atoms with Gasteiger partial charge in [-0.2, -0.15) is 0 Å². The number of aliphatic imine (C=N–C) groups is 1. The molecule has 1 aromatic carbocycles. The zero-order valence-electron chi connectivity index (χ0n) is 11.3. The van der Waals surface area contributed by atoms with Gasteiger partial charge < -0.3 is 9.47 Å². The lowest BCUT2D eigenvalue weighted by atomic mass is 10.2. The molecule has 1 aliphatic rings. The van der Waals surface area contributed by atoms with E-state index in [-0.39, 0.29) is 17.5 Å². The molecule has 0 N–H and O–H groups in total. The number of ether oxygens (including phenoxy) is 2. The Hall–Kier alpha value is -1.66. The van der Waals surface area contributed by atoms with E-state index in [1.165, 1.54) is 7.11 Å². The minimum Gasteiger partial charge on any atom is -0.491 e. The number of para-hydroxylation sites is 1. The van der Waals surface area contributed by atoms with Crippen LogP contribution in [-0.2, 0) is 14.3 Å². The molecule has 0 radical (unpaired) electrons. The van der Waals surface area contributed by atoms with E-state index in [0.29, 0.717) is 16.2 Å². The van der Waals surface area contributed by atoms with Gasteiger partial charge in [-0.1, -0.05) is 40.3 Å². The fraction of sp³-hybridized carbons (Fsp3) is 0.286. The summed E-state index contributed by atoms with van der Waals surface area (Å²) in [7, 11) is 0.344. The van der Waals surface area contributed by atoms with Crippen molar-refractivity contribution in [3.8, 4) is 5.75 Å². The summed E-state index contributed by atoms with van der Waals surface area (Å²) in [6.07, 6.45) is 0.0148. The third-order valence-corrected chi connectivity index (χ3v) is 5.12. The van der Waals surface area contributed by atoms with Crippen LogP contribution in [0.15, 0.2) is 35.3 Å². The van der Waals surface area contributed by atoms with Crippen molar-refractivity contribution in [1.29, 1.82) is 0 Å². The Morgan fingerprint density at radius 1 is 1.43 bits per heavy atom. The van der Waals surface area contributed by atoms with Gasteiger partial charge >= 0.3 is 5.97 Å². The SMILES string of the molecule is COC(=O)CC1=S(C=O)C(Cl)=NC1COc1ccccc1. The highest BCUT2D eigenvalue weighted by Crippen LogP contribution is 2.29. The summed E-state index contributed by atoms with van der Waals surface area (Å²) in [4.78, 5) is 27.5. The summed E-state index contributed by atoms with van der Waals surface area (Å²) in [5, 5.41) is 0. The fourth-order valence-corrected chi connectivity index (χ4v) is 3.71. The maximum atomic E-state index is 11.5. The normalized spacial score (nSPS) is 20.9. The molecule has 0 spiro atoms. The van der Waals surface area contributed by atoms with Gasteiger partial charge in [0.15, 0.2) is 10.1 Å². The fourth-order valence-electron chi connectivity index (χ4n) is 1.84. The van der Waals surface area contributed by atoms with Crippen molar-refractivity contribution in [3.63, 3.8) is 0 Å². The zero-order chi connectivity index (χ0) is 15.2. The number of rotatable bonds is 6. The second-order valence-electron chi connectivity index (χ2n) is 4.18. The number of carbonyl (C=O) groups is 2. The Bertz CT molecular complexity index is 600. The minimum atomic E-state index is -0.956. The molecule has 0 aromatic heterocycles. The summed E-state index contributed by atoms with van der Waals surface area (Å²) in [6.45, 7) is 0.226. The molecular formula is C14H14ClNO4S. The molecule has 1 aromatic rings. The van der Waals surface area contributed by atoms with Crippen LogP contribution < -0.4 is 4.74 Å². The van der Waals surface area contributed by atoms with Crippen molar-refractivity contribution >= 4 is 43.0 Å². The lowest BCUT2D eigenvalue weighted by Crippen LogP contribution is -2.26. The quantitative estimate of drug-likeness (QED) is 0.456. The molecule has 0 amide bonds. The van der Waals surface area contributed by atoms with E-state index in [9.17, 15) is 9.59 Å². The highest BCUT2D eigenvalue weighted by atomic mass is 35.5. The molecule has 1 heterocycles. The van der Waals surface area contributed by atoms with E-state index in [1.54, 1.807) is 0 Å². The number of benzene rings is 1. The van der Waals surface area contributed by atoms with Crippen molar-refractivity contribution in [2.45, 2.75) is 12.5 Å². The van der Waals surface area contributed by atoms with Crippen LogP contribution in [0.3, 0.4) is 0 Å². The van der Waals surface area contributed by atoms with Crippen LogP contribution >= 0.6 is 22.1 Å². The molecule has 2 atom stereocenters. The molecule has 2 unspecified atom stereocenters. The Kier molecular flexibility index (Phi) is 5.52. The molecule has 1 aliphatic heterocycles. The summed E-state index contributed by atoms with van der Waals surface area (Å²) in [5.74, 6) is 0.273. The van der Waals surface area contributed by atoms with Crippen LogP contribution in [0.5, 0.6) is 5.75 Å². The molecule has 0 saturated heterocycles. The predicted molar refractivity (Wildman–Crippen MR) is 85.0 cm³/mol. The first kappa shape index (κ1) is 15.7. The summed E-state index contributed by atoms with van der Waals surface area (Å²) in [5.41, 5.74) is 0.715. The zero-order valence-corrected chi connectivity index (χ0v) is 12.9. The lowest BCUT2D eigenvalue weighted by molar-refractivity contribution is -0.139. The number of esters is 1. The molecule has 0 aliphatic carbocycles. The van der Waals surface area contributed by atoms with E-state index in [2.05, 4.69) is 9.73 Å². The summed E-state index contributed by atoms with van der Waals surface area (Å²) >= 11 is 5.98. The van der Waals surface area contributed by atoms with E-state index < -0.39 is 22.5 Å². The van der Waals surface area contributed by atoms with Crippen molar-refractivity contribution in [3.05, 3.63) is 30.3 Å². The van der Waals surface area contributed by atoms with Gasteiger partial charge in [-0.15, -0.1) is 0 Å². The van der Waals surface area contributed by atoms with Crippen molar-refractivity contribution in [2.24, 2.45) is 4.99 Å². The van der Waals surface area contributed by atoms with Crippen molar-refractivity contribution < 1.29 is 19.1 Å². The Morgan fingerprint density at radius 3 is 2.76 bits per heavy atom. The van der Waals surface area contributed by atoms with Gasteiger partial charge in [-0.25, -0.2) is 0 Å². The van der Waals surface area contributed by atoms with E-state index in [1.807, 2.05) is 30.3 Å². The van der Waals surface area contributed by atoms with Gasteiger partial charge in [-0.05, 0) is 12.1 Å². The predicted octanol–water partition coefficient (Wildman–Crippen LogP) is 2.24. The number of carbonyl (C=O) groups excluding carboxylic acids is 2.